The Morgan fingerprint density at radius 1 is 1.23 bits per heavy atom. The third-order valence-corrected chi connectivity index (χ3v) is 5.48. The number of hydrogen-bond donors (Lipinski definition) is 2. The van der Waals surface area contributed by atoms with Gasteiger partial charge in [-0.1, -0.05) is 18.2 Å². The van der Waals surface area contributed by atoms with Gasteiger partial charge in [-0.25, -0.2) is 9.97 Å². The van der Waals surface area contributed by atoms with E-state index < -0.39 is 17.8 Å². The number of hydrogen-bond acceptors (Lipinski definition) is 5. The molecule has 0 saturated heterocycles. The van der Waals surface area contributed by atoms with Gasteiger partial charge in [0.1, 0.15) is 17.8 Å². The first-order chi connectivity index (χ1) is 14.8. The maximum absolute atomic E-state index is 13.1. The minimum atomic E-state index is -4.41. The number of aryl methyl sites for hydroxylation is 1. The average molecular weight is 429 g/mol. The zero-order valence-corrected chi connectivity index (χ0v) is 17.1. The summed E-state index contributed by atoms with van der Waals surface area (Å²) in [6.07, 6.45) is -0.342. The molecule has 3 aromatic rings. The topological polar surface area (TPSA) is 71.8 Å². The monoisotopic (exact) mass is 429 g/mol. The molecule has 0 aliphatic carbocycles. The van der Waals surface area contributed by atoms with Gasteiger partial charge in [0, 0.05) is 25.2 Å². The first kappa shape index (κ1) is 21.0. The van der Waals surface area contributed by atoms with Crippen LogP contribution in [0.4, 0.5) is 19.0 Å². The summed E-state index contributed by atoms with van der Waals surface area (Å²) < 4.78 is 40.7. The van der Waals surface area contributed by atoms with Crippen LogP contribution in [0.2, 0.25) is 0 Å². The van der Waals surface area contributed by atoms with Gasteiger partial charge in [0.15, 0.2) is 0 Å². The molecule has 0 fully saturated rings. The Hall–Kier alpha value is -3.20. The standard InChI is InChI=1S/C22H22F3N5O/c1-13(15-4-3-5-16(10-15)22(23,24)25)29-19-18-11-17(14-6-8-26-9-7-14)21(31)30(2)20(18)28-12-27-19/h3-6,10-13,26H,7-9H2,1-2H3,(H,27,28,29)/t13-/m1/s1. The Labute approximate surface area is 176 Å². The van der Waals surface area contributed by atoms with Gasteiger partial charge in [-0.05, 0) is 49.2 Å². The van der Waals surface area contributed by atoms with Gasteiger partial charge in [-0.3, -0.25) is 9.36 Å². The zero-order chi connectivity index (χ0) is 22.2. The number of halogens is 3. The predicted octanol–water partition coefficient (Wildman–Crippen LogP) is 3.90. The van der Waals surface area contributed by atoms with Gasteiger partial charge >= 0.3 is 6.18 Å². The molecule has 3 heterocycles. The molecule has 31 heavy (non-hydrogen) atoms. The lowest BCUT2D eigenvalue weighted by atomic mass is 10.0. The van der Waals surface area contributed by atoms with Gasteiger partial charge in [0.2, 0.25) is 0 Å². The molecule has 1 aliphatic rings. The van der Waals surface area contributed by atoms with Crippen LogP contribution in [0.15, 0.2) is 47.5 Å². The highest BCUT2D eigenvalue weighted by Crippen LogP contribution is 2.32. The van der Waals surface area contributed by atoms with Crippen LogP contribution in [0.1, 0.15) is 36.1 Å². The lowest BCUT2D eigenvalue weighted by molar-refractivity contribution is -0.137. The SMILES string of the molecule is C[C@@H](Nc1ncnc2c1cc(C1=CCNCC1)c(=O)n2C)c1cccc(C(F)(F)F)c1. The summed E-state index contributed by atoms with van der Waals surface area (Å²) in [6.45, 7) is 3.25. The molecule has 2 N–H and O–H groups in total. The second-order valence-corrected chi connectivity index (χ2v) is 7.55. The van der Waals surface area contributed by atoms with E-state index in [1.807, 2.05) is 6.08 Å². The van der Waals surface area contributed by atoms with E-state index in [1.165, 1.54) is 17.0 Å². The van der Waals surface area contributed by atoms with Crippen LogP contribution < -0.4 is 16.2 Å². The van der Waals surface area contributed by atoms with Crippen molar-refractivity contribution < 1.29 is 13.2 Å². The molecule has 0 saturated carbocycles. The third-order valence-electron chi connectivity index (χ3n) is 5.48. The van der Waals surface area contributed by atoms with E-state index in [2.05, 4.69) is 20.6 Å². The molecule has 0 unspecified atom stereocenters. The molecule has 1 aliphatic heterocycles. The zero-order valence-electron chi connectivity index (χ0n) is 17.1. The molecule has 0 amide bonds. The second kappa shape index (κ2) is 8.14. The molecule has 2 aromatic heterocycles. The normalized spacial score (nSPS) is 15.6. The number of alkyl halides is 3. The summed E-state index contributed by atoms with van der Waals surface area (Å²) in [5.41, 5.74) is 1.64. The molecule has 0 bridgehead atoms. The van der Waals surface area contributed by atoms with Gasteiger partial charge in [0.05, 0.1) is 10.9 Å². The summed E-state index contributed by atoms with van der Waals surface area (Å²) in [4.78, 5) is 21.4. The van der Waals surface area contributed by atoms with E-state index in [4.69, 9.17) is 0 Å². The Balaban J connectivity index is 1.75. The summed E-state index contributed by atoms with van der Waals surface area (Å²) in [5.74, 6) is 0.460. The average Bonchev–Trinajstić information content (AvgIpc) is 2.76. The largest absolute Gasteiger partial charge is 0.416 e. The van der Waals surface area contributed by atoms with Crippen molar-refractivity contribution in [3.63, 3.8) is 0 Å². The highest BCUT2D eigenvalue weighted by molar-refractivity contribution is 5.89. The van der Waals surface area contributed by atoms with Crippen LogP contribution >= 0.6 is 0 Å². The molecular weight excluding hydrogens is 407 g/mol. The Morgan fingerprint density at radius 3 is 2.74 bits per heavy atom. The first-order valence-corrected chi connectivity index (χ1v) is 9.94. The molecular formula is C22H22F3N5O. The first-order valence-electron chi connectivity index (χ1n) is 9.94. The molecule has 1 atom stereocenters. The van der Waals surface area contributed by atoms with E-state index >= 15 is 0 Å². The number of anilines is 1. The van der Waals surface area contributed by atoms with Crippen molar-refractivity contribution in [2.45, 2.75) is 25.6 Å². The highest BCUT2D eigenvalue weighted by atomic mass is 19.4. The van der Waals surface area contributed by atoms with Crippen molar-refractivity contribution in [1.29, 1.82) is 0 Å². The fourth-order valence-corrected chi connectivity index (χ4v) is 3.75. The maximum atomic E-state index is 13.1. The smallest absolute Gasteiger partial charge is 0.363 e. The van der Waals surface area contributed by atoms with Crippen LogP contribution in [0.25, 0.3) is 16.6 Å². The van der Waals surface area contributed by atoms with Crippen molar-refractivity contribution in [3.05, 3.63) is 69.8 Å². The van der Waals surface area contributed by atoms with E-state index in [1.54, 1.807) is 26.1 Å². The number of nitrogens with one attached hydrogen (secondary N) is 2. The van der Waals surface area contributed by atoms with Crippen molar-refractivity contribution in [1.82, 2.24) is 19.9 Å². The van der Waals surface area contributed by atoms with Gasteiger partial charge in [0.25, 0.3) is 5.56 Å². The van der Waals surface area contributed by atoms with E-state index in [9.17, 15) is 18.0 Å². The quantitative estimate of drug-likeness (QED) is 0.658. The van der Waals surface area contributed by atoms with E-state index in [0.29, 0.717) is 34.5 Å². The van der Waals surface area contributed by atoms with Crippen molar-refractivity contribution in [2.75, 3.05) is 18.4 Å². The predicted molar refractivity (Wildman–Crippen MR) is 114 cm³/mol. The van der Waals surface area contributed by atoms with Gasteiger partial charge in [-0.2, -0.15) is 13.2 Å². The lowest BCUT2D eigenvalue weighted by Gasteiger charge is -2.19. The number of benzene rings is 1. The van der Waals surface area contributed by atoms with E-state index in [0.717, 1.165) is 30.7 Å². The fraction of sp³-hybridized carbons (Fsp3) is 0.318. The van der Waals surface area contributed by atoms with Crippen LogP contribution in [-0.2, 0) is 13.2 Å². The van der Waals surface area contributed by atoms with Crippen molar-refractivity contribution >= 4 is 22.4 Å². The van der Waals surface area contributed by atoms with E-state index in [-0.39, 0.29) is 5.56 Å². The van der Waals surface area contributed by atoms with Gasteiger partial charge < -0.3 is 10.6 Å². The van der Waals surface area contributed by atoms with Crippen LogP contribution in [0.3, 0.4) is 0 Å². The van der Waals surface area contributed by atoms with Crippen LogP contribution in [-0.4, -0.2) is 27.6 Å². The number of rotatable bonds is 4. The maximum Gasteiger partial charge on any atom is 0.416 e. The summed E-state index contributed by atoms with van der Waals surface area (Å²) in [5, 5.41) is 7.05. The summed E-state index contributed by atoms with van der Waals surface area (Å²) in [7, 11) is 1.66. The second-order valence-electron chi connectivity index (χ2n) is 7.55. The molecule has 0 spiro atoms. The number of nitrogens with zero attached hydrogens (tertiary/aromatic N) is 3. The minimum absolute atomic E-state index is 0.142. The minimum Gasteiger partial charge on any atom is -0.363 e. The molecule has 162 valence electrons. The van der Waals surface area contributed by atoms with Crippen LogP contribution in [0.5, 0.6) is 0 Å². The summed E-state index contributed by atoms with van der Waals surface area (Å²) >= 11 is 0. The molecule has 9 heteroatoms. The highest BCUT2D eigenvalue weighted by Gasteiger charge is 2.30. The number of fused-ring (bicyclic) bond motifs is 1. The van der Waals surface area contributed by atoms with Crippen molar-refractivity contribution in [3.8, 4) is 0 Å². The summed E-state index contributed by atoms with van der Waals surface area (Å²) in [6, 6.07) is 6.53. The van der Waals surface area contributed by atoms with Crippen molar-refractivity contribution in [2.24, 2.45) is 7.05 Å². The fourth-order valence-electron chi connectivity index (χ4n) is 3.75. The molecule has 6 nitrogen and oxygen atoms in total. The lowest BCUT2D eigenvalue weighted by Crippen LogP contribution is -2.26. The molecule has 0 radical (unpaired) electrons. The number of aromatic nitrogens is 3. The molecule has 1 aromatic carbocycles. The Morgan fingerprint density at radius 2 is 2.03 bits per heavy atom. The third kappa shape index (κ3) is 4.18. The Kier molecular flexibility index (Phi) is 5.53. The van der Waals surface area contributed by atoms with Gasteiger partial charge in [-0.15, -0.1) is 0 Å². The number of pyridine rings is 1. The Bertz CT molecular complexity index is 1220. The molecule has 4 rings (SSSR count). The van der Waals surface area contributed by atoms with Crippen LogP contribution in [0, 0.1) is 0 Å².